The summed E-state index contributed by atoms with van der Waals surface area (Å²) in [5.41, 5.74) is 2.13. The third-order valence-corrected chi connectivity index (χ3v) is 5.58. The van der Waals surface area contributed by atoms with E-state index in [1.807, 2.05) is 11.6 Å². The molecular formula is C20H28N6O3. The van der Waals surface area contributed by atoms with Gasteiger partial charge in [0, 0.05) is 51.1 Å². The molecule has 2 aromatic heterocycles. The van der Waals surface area contributed by atoms with Crippen LogP contribution in [0.5, 0.6) is 0 Å². The average molecular weight is 400 g/mol. The van der Waals surface area contributed by atoms with Crippen molar-refractivity contribution in [1.29, 1.82) is 10.8 Å². The Labute approximate surface area is 169 Å². The second-order valence-corrected chi connectivity index (χ2v) is 7.46. The zero-order valence-electron chi connectivity index (χ0n) is 16.7. The van der Waals surface area contributed by atoms with Gasteiger partial charge < -0.3 is 19.5 Å². The van der Waals surface area contributed by atoms with E-state index in [0.717, 1.165) is 62.2 Å². The number of hydrogen-bond donors (Lipinski definition) is 3. The number of ether oxygens (including phenoxy) is 3. The molecule has 156 valence electrons. The molecule has 29 heavy (non-hydrogen) atoms. The lowest BCUT2D eigenvalue weighted by Gasteiger charge is -2.26. The van der Waals surface area contributed by atoms with Crippen LogP contribution in [0.1, 0.15) is 38.2 Å². The fraction of sp³-hybridized carbons (Fsp3) is 0.600. The number of nitrogens with zero attached hydrogens (tertiary/aromatic N) is 3. The number of anilines is 1. The van der Waals surface area contributed by atoms with Crippen molar-refractivity contribution in [3.63, 3.8) is 0 Å². The highest BCUT2D eigenvalue weighted by molar-refractivity contribution is 6.08. The first-order chi connectivity index (χ1) is 14.2. The summed E-state index contributed by atoms with van der Waals surface area (Å²) in [4.78, 5) is 4.53. The molecule has 4 heterocycles. The zero-order valence-corrected chi connectivity index (χ0v) is 16.7. The molecular weight excluding hydrogens is 372 g/mol. The SMILES string of the molecule is CCn1ncc2c(NC3CCOCC3)c(C(=N)OC(=N)C3CCOCC3)cnc21. The molecule has 0 atom stereocenters. The van der Waals surface area contributed by atoms with Gasteiger partial charge in [0.1, 0.15) is 0 Å². The molecule has 0 aliphatic carbocycles. The number of hydrogen-bond acceptors (Lipinski definition) is 8. The second-order valence-electron chi connectivity index (χ2n) is 7.46. The van der Waals surface area contributed by atoms with E-state index in [1.165, 1.54) is 0 Å². The summed E-state index contributed by atoms with van der Waals surface area (Å²) >= 11 is 0. The maximum absolute atomic E-state index is 8.54. The first-order valence-electron chi connectivity index (χ1n) is 10.3. The van der Waals surface area contributed by atoms with Crippen molar-refractivity contribution >= 4 is 28.5 Å². The average Bonchev–Trinajstić information content (AvgIpc) is 3.19. The van der Waals surface area contributed by atoms with E-state index in [9.17, 15) is 0 Å². The van der Waals surface area contributed by atoms with Gasteiger partial charge in [-0.2, -0.15) is 5.10 Å². The molecule has 2 aliphatic heterocycles. The fourth-order valence-electron chi connectivity index (χ4n) is 3.84. The van der Waals surface area contributed by atoms with Gasteiger partial charge in [-0.1, -0.05) is 0 Å². The van der Waals surface area contributed by atoms with E-state index in [2.05, 4.69) is 15.4 Å². The van der Waals surface area contributed by atoms with E-state index in [4.69, 9.17) is 25.0 Å². The number of aryl methyl sites for hydroxylation is 1. The predicted octanol–water partition coefficient (Wildman–Crippen LogP) is 2.79. The third-order valence-electron chi connectivity index (χ3n) is 5.58. The van der Waals surface area contributed by atoms with Gasteiger partial charge in [0.15, 0.2) is 11.5 Å². The highest BCUT2D eigenvalue weighted by Crippen LogP contribution is 2.29. The Bertz CT molecular complexity index is 884. The minimum atomic E-state index is -0.0605. The van der Waals surface area contributed by atoms with Crippen LogP contribution in [-0.2, 0) is 20.8 Å². The van der Waals surface area contributed by atoms with Crippen molar-refractivity contribution in [3.8, 4) is 0 Å². The molecule has 0 saturated carbocycles. The van der Waals surface area contributed by atoms with Gasteiger partial charge in [-0.25, -0.2) is 9.67 Å². The summed E-state index contributed by atoms with van der Waals surface area (Å²) in [5, 5.41) is 25.7. The largest absolute Gasteiger partial charge is 0.425 e. The van der Waals surface area contributed by atoms with E-state index in [0.29, 0.717) is 18.8 Å². The summed E-state index contributed by atoms with van der Waals surface area (Å²) < 4.78 is 18.3. The van der Waals surface area contributed by atoms with Crippen LogP contribution in [0.25, 0.3) is 11.0 Å². The smallest absolute Gasteiger partial charge is 0.224 e. The first kappa shape index (κ1) is 19.8. The van der Waals surface area contributed by atoms with Gasteiger partial charge in [0.2, 0.25) is 5.90 Å². The lowest BCUT2D eigenvalue weighted by molar-refractivity contribution is 0.0788. The standard InChI is InChI=1S/C20H28N6O3/c1-2-26-20-16(12-24-26)17(25-14-5-9-28-10-6-14)15(11-23-20)19(22)29-18(21)13-3-7-27-8-4-13/h11-14,21-22H,2-10H2,1H3,(H,23,25). The van der Waals surface area contributed by atoms with Gasteiger partial charge in [-0.15, -0.1) is 0 Å². The summed E-state index contributed by atoms with van der Waals surface area (Å²) in [5.74, 6) is 0.0601. The Morgan fingerprint density at radius 1 is 1.14 bits per heavy atom. The maximum Gasteiger partial charge on any atom is 0.224 e. The maximum atomic E-state index is 8.54. The number of aromatic nitrogens is 3. The molecule has 4 rings (SSSR count). The first-order valence-corrected chi connectivity index (χ1v) is 10.3. The molecule has 0 bridgehead atoms. The van der Waals surface area contributed by atoms with Gasteiger partial charge in [-0.3, -0.25) is 10.8 Å². The highest BCUT2D eigenvalue weighted by atomic mass is 16.5. The van der Waals surface area contributed by atoms with Crippen LogP contribution in [0.2, 0.25) is 0 Å². The van der Waals surface area contributed by atoms with Crippen LogP contribution >= 0.6 is 0 Å². The molecule has 9 nitrogen and oxygen atoms in total. The fourth-order valence-corrected chi connectivity index (χ4v) is 3.84. The van der Waals surface area contributed by atoms with E-state index in [-0.39, 0.29) is 23.8 Å². The minimum Gasteiger partial charge on any atom is -0.425 e. The Morgan fingerprint density at radius 3 is 2.52 bits per heavy atom. The van der Waals surface area contributed by atoms with Crippen LogP contribution in [0.15, 0.2) is 12.4 Å². The minimum absolute atomic E-state index is 0.00413. The van der Waals surface area contributed by atoms with Crippen molar-refractivity contribution in [1.82, 2.24) is 14.8 Å². The van der Waals surface area contributed by atoms with Crippen molar-refractivity contribution in [2.45, 2.75) is 45.2 Å². The summed E-state index contributed by atoms with van der Waals surface area (Å²) in [6.45, 7) is 5.44. The highest BCUT2D eigenvalue weighted by Gasteiger charge is 2.25. The number of pyridine rings is 1. The van der Waals surface area contributed by atoms with E-state index in [1.54, 1.807) is 12.4 Å². The van der Waals surface area contributed by atoms with Gasteiger partial charge in [-0.05, 0) is 32.6 Å². The lowest BCUT2D eigenvalue weighted by Crippen LogP contribution is -2.30. The monoisotopic (exact) mass is 400 g/mol. The normalized spacial score (nSPS) is 18.7. The lowest BCUT2D eigenvalue weighted by atomic mass is 10.0. The zero-order chi connectivity index (χ0) is 20.2. The van der Waals surface area contributed by atoms with E-state index >= 15 is 0 Å². The van der Waals surface area contributed by atoms with Gasteiger partial charge in [0.25, 0.3) is 0 Å². The Balaban J connectivity index is 1.62. The molecule has 0 spiro atoms. The van der Waals surface area contributed by atoms with Crippen LogP contribution in [0.4, 0.5) is 5.69 Å². The predicted molar refractivity (Wildman–Crippen MR) is 110 cm³/mol. The molecule has 0 aromatic carbocycles. The number of nitrogens with one attached hydrogen (secondary N) is 3. The van der Waals surface area contributed by atoms with Crippen LogP contribution in [-0.4, -0.2) is 59.0 Å². The Kier molecular flexibility index (Phi) is 6.05. The van der Waals surface area contributed by atoms with Crippen LogP contribution in [0, 0.1) is 16.7 Å². The van der Waals surface area contributed by atoms with Crippen LogP contribution in [0.3, 0.4) is 0 Å². The van der Waals surface area contributed by atoms with Crippen molar-refractivity contribution in [2.24, 2.45) is 5.92 Å². The van der Waals surface area contributed by atoms with Crippen LogP contribution < -0.4 is 5.32 Å². The summed E-state index contributed by atoms with van der Waals surface area (Å²) in [6.07, 6.45) is 6.74. The third kappa shape index (κ3) is 4.25. The Morgan fingerprint density at radius 2 is 1.83 bits per heavy atom. The molecule has 0 amide bonds. The number of fused-ring (bicyclic) bond motifs is 1. The molecule has 9 heteroatoms. The van der Waals surface area contributed by atoms with Gasteiger partial charge >= 0.3 is 0 Å². The van der Waals surface area contributed by atoms with Crippen molar-refractivity contribution < 1.29 is 14.2 Å². The second kappa shape index (κ2) is 8.87. The topological polar surface area (TPSA) is 118 Å². The molecule has 2 fully saturated rings. The molecule has 0 radical (unpaired) electrons. The summed E-state index contributed by atoms with van der Waals surface area (Å²) in [7, 11) is 0. The summed E-state index contributed by atoms with van der Waals surface area (Å²) in [6, 6.07) is 0.251. The molecule has 0 unspecified atom stereocenters. The van der Waals surface area contributed by atoms with Crippen molar-refractivity contribution in [2.75, 3.05) is 31.7 Å². The quantitative estimate of drug-likeness (QED) is 0.525. The van der Waals surface area contributed by atoms with E-state index < -0.39 is 0 Å². The number of rotatable bonds is 5. The molecule has 2 saturated heterocycles. The van der Waals surface area contributed by atoms with Crippen molar-refractivity contribution in [3.05, 3.63) is 18.0 Å². The molecule has 2 aromatic rings. The molecule has 2 aliphatic rings. The van der Waals surface area contributed by atoms with Gasteiger partial charge in [0.05, 0.1) is 22.8 Å². The Hall–Kier alpha value is -2.52. The molecule has 3 N–H and O–H groups in total.